The summed E-state index contributed by atoms with van der Waals surface area (Å²) in [5.41, 5.74) is 5.15. The Morgan fingerprint density at radius 3 is 2.19 bits per heavy atom. The summed E-state index contributed by atoms with van der Waals surface area (Å²) in [5, 5.41) is 2.96. The van der Waals surface area contributed by atoms with Crippen LogP contribution in [0.1, 0.15) is 32.7 Å². The predicted octanol–water partition coefficient (Wildman–Crippen LogP) is 5.08. The molecule has 246 valence electrons. The molecular formula is C38H39N5O5. The van der Waals surface area contributed by atoms with Crippen molar-refractivity contribution in [2.24, 2.45) is 0 Å². The van der Waals surface area contributed by atoms with Gasteiger partial charge in [-0.05, 0) is 67.1 Å². The van der Waals surface area contributed by atoms with Crippen molar-refractivity contribution < 1.29 is 23.9 Å². The summed E-state index contributed by atoms with van der Waals surface area (Å²) >= 11 is 0. The first-order valence-corrected chi connectivity index (χ1v) is 16.1. The number of ether oxygens (including phenoxy) is 1. The van der Waals surface area contributed by atoms with Crippen LogP contribution in [0.5, 0.6) is 5.75 Å². The molecule has 0 aliphatic carbocycles. The molecule has 4 aromatic carbocycles. The van der Waals surface area contributed by atoms with Gasteiger partial charge in [-0.25, -0.2) is 0 Å². The van der Waals surface area contributed by atoms with Crippen LogP contribution in [0.25, 0.3) is 11.1 Å². The Labute approximate surface area is 280 Å². The van der Waals surface area contributed by atoms with E-state index >= 15 is 0 Å². The van der Waals surface area contributed by atoms with Gasteiger partial charge in [0.25, 0.3) is 11.8 Å². The fourth-order valence-corrected chi connectivity index (χ4v) is 6.26. The van der Waals surface area contributed by atoms with E-state index < -0.39 is 0 Å². The fourth-order valence-electron chi connectivity index (χ4n) is 6.26. The Balaban J connectivity index is 1.23. The van der Waals surface area contributed by atoms with Gasteiger partial charge in [0.2, 0.25) is 11.8 Å². The van der Waals surface area contributed by atoms with Crippen molar-refractivity contribution in [2.45, 2.75) is 13.3 Å². The summed E-state index contributed by atoms with van der Waals surface area (Å²) in [5.74, 6) is -0.654. The molecule has 10 nitrogen and oxygen atoms in total. The molecule has 6 rings (SSSR count). The van der Waals surface area contributed by atoms with E-state index in [0.717, 1.165) is 29.8 Å². The maximum atomic E-state index is 14.1. The molecule has 0 bridgehead atoms. The monoisotopic (exact) mass is 645 g/mol. The molecule has 48 heavy (non-hydrogen) atoms. The number of carbonyl (C=O) groups excluding carboxylic acids is 4. The molecule has 2 heterocycles. The largest absolute Gasteiger partial charge is 0.495 e. The first kappa shape index (κ1) is 32.5. The van der Waals surface area contributed by atoms with Crippen molar-refractivity contribution >= 4 is 40.7 Å². The smallest absolute Gasteiger partial charge is 0.258 e. The maximum absolute atomic E-state index is 14.1. The van der Waals surface area contributed by atoms with Crippen LogP contribution in [0, 0.1) is 6.92 Å². The lowest BCUT2D eigenvalue weighted by atomic mass is 9.95. The molecule has 0 saturated carbocycles. The molecule has 10 heteroatoms. The average molecular weight is 646 g/mol. The Kier molecular flexibility index (Phi) is 9.54. The number of benzene rings is 4. The molecule has 0 atom stereocenters. The fraction of sp³-hybridized carbons (Fsp3) is 0.263. The molecule has 4 aromatic rings. The predicted molar refractivity (Wildman–Crippen MR) is 187 cm³/mol. The minimum atomic E-state index is -0.330. The molecule has 0 aromatic heterocycles. The van der Waals surface area contributed by atoms with Gasteiger partial charge in [-0.1, -0.05) is 54.6 Å². The van der Waals surface area contributed by atoms with Crippen molar-refractivity contribution in [3.63, 3.8) is 0 Å². The summed E-state index contributed by atoms with van der Waals surface area (Å²) in [6.45, 7) is 4.85. The Morgan fingerprint density at radius 2 is 1.46 bits per heavy atom. The Bertz CT molecular complexity index is 1870. The summed E-state index contributed by atoms with van der Waals surface area (Å²) in [4.78, 5) is 61.3. The number of likely N-dealkylation sites (N-methyl/N-ethyl adjacent to an activating group) is 1. The minimum absolute atomic E-state index is 0.0576. The third kappa shape index (κ3) is 6.65. The van der Waals surface area contributed by atoms with Crippen molar-refractivity contribution in [1.82, 2.24) is 9.80 Å². The van der Waals surface area contributed by atoms with Gasteiger partial charge in [0, 0.05) is 50.3 Å². The third-order valence-corrected chi connectivity index (χ3v) is 9.01. The van der Waals surface area contributed by atoms with E-state index in [1.54, 1.807) is 52.3 Å². The second kappa shape index (κ2) is 14.1. The highest BCUT2D eigenvalue weighted by Gasteiger charge is 2.32. The molecule has 0 spiro atoms. The van der Waals surface area contributed by atoms with Gasteiger partial charge < -0.3 is 29.7 Å². The zero-order valence-electron chi connectivity index (χ0n) is 27.4. The van der Waals surface area contributed by atoms with Crippen molar-refractivity contribution in [2.75, 3.05) is 68.5 Å². The lowest BCUT2D eigenvalue weighted by molar-refractivity contribution is -0.132. The van der Waals surface area contributed by atoms with Gasteiger partial charge in [-0.2, -0.15) is 0 Å². The van der Waals surface area contributed by atoms with Crippen LogP contribution in [0.2, 0.25) is 0 Å². The summed E-state index contributed by atoms with van der Waals surface area (Å²) in [6.07, 6.45) is 0.0576. The molecule has 2 aliphatic rings. The lowest BCUT2D eigenvalue weighted by Crippen LogP contribution is -2.50. The number of aryl methyl sites for hydroxylation is 1. The molecule has 1 saturated heterocycles. The zero-order chi connectivity index (χ0) is 33.8. The van der Waals surface area contributed by atoms with E-state index in [4.69, 9.17) is 4.74 Å². The maximum Gasteiger partial charge on any atom is 0.258 e. The van der Waals surface area contributed by atoms with E-state index in [9.17, 15) is 19.2 Å². The number of nitrogens with one attached hydrogen (secondary N) is 1. The number of nitrogens with zero attached hydrogens (tertiary/aromatic N) is 4. The number of anilines is 3. The number of carbonyl (C=O) groups is 4. The van der Waals surface area contributed by atoms with E-state index in [0.29, 0.717) is 47.0 Å². The van der Waals surface area contributed by atoms with Crippen LogP contribution in [-0.4, -0.2) is 86.9 Å². The standard InChI is InChI=1S/C38H39N5O5/c1-26-10-4-5-11-28(26)29-12-6-7-13-30(29)37(46)39-31-17-16-27(24-34(31)48-3)38(47)42-19-18-35(44)43(33-15-9-8-14-32(33)42)25-36(45)41-22-20-40(2)21-23-41/h4-17,24H,18-23,25H2,1-3H3,(H,39,46). The highest BCUT2D eigenvalue weighted by atomic mass is 16.5. The molecule has 1 N–H and O–H groups in total. The van der Waals surface area contributed by atoms with Crippen molar-refractivity contribution in [3.8, 4) is 16.9 Å². The van der Waals surface area contributed by atoms with E-state index in [1.165, 1.54) is 12.0 Å². The number of hydrogen-bond acceptors (Lipinski definition) is 6. The molecule has 2 aliphatic heterocycles. The summed E-state index contributed by atoms with van der Waals surface area (Å²) in [6, 6.07) is 27.4. The Hall–Kier alpha value is -5.48. The first-order valence-electron chi connectivity index (χ1n) is 16.1. The molecular weight excluding hydrogens is 606 g/mol. The highest BCUT2D eigenvalue weighted by molar-refractivity contribution is 6.13. The molecule has 4 amide bonds. The third-order valence-electron chi connectivity index (χ3n) is 9.01. The number of hydrogen-bond donors (Lipinski definition) is 1. The van der Waals surface area contributed by atoms with Gasteiger partial charge in [0.1, 0.15) is 12.3 Å². The number of piperazine rings is 1. The van der Waals surface area contributed by atoms with Gasteiger partial charge in [-0.15, -0.1) is 0 Å². The van der Waals surface area contributed by atoms with Crippen LogP contribution in [0.3, 0.4) is 0 Å². The van der Waals surface area contributed by atoms with E-state index in [-0.39, 0.29) is 43.1 Å². The van der Waals surface area contributed by atoms with Gasteiger partial charge >= 0.3 is 0 Å². The normalized spacial score (nSPS) is 15.1. The van der Waals surface area contributed by atoms with Crippen LogP contribution in [-0.2, 0) is 9.59 Å². The highest BCUT2D eigenvalue weighted by Crippen LogP contribution is 2.35. The second-order valence-electron chi connectivity index (χ2n) is 12.1. The quantitative estimate of drug-likeness (QED) is 0.301. The molecule has 0 radical (unpaired) electrons. The number of para-hydroxylation sites is 2. The number of fused-ring (bicyclic) bond motifs is 1. The van der Waals surface area contributed by atoms with Gasteiger partial charge in [0.05, 0.1) is 24.2 Å². The number of rotatable bonds is 7. The SMILES string of the molecule is COc1cc(C(=O)N2CCC(=O)N(CC(=O)N3CCN(C)CC3)c3ccccc32)ccc1NC(=O)c1ccccc1-c1ccccc1C. The Morgan fingerprint density at radius 1 is 0.792 bits per heavy atom. The number of methoxy groups -OCH3 is 1. The van der Waals surface area contributed by atoms with E-state index in [1.807, 2.05) is 62.5 Å². The van der Waals surface area contributed by atoms with E-state index in [2.05, 4.69) is 10.2 Å². The molecule has 0 unspecified atom stereocenters. The van der Waals surface area contributed by atoms with Crippen molar-refractivity contribution in [1.29, 1.82) is 0 Å². The van der Waals surface area contributed by atoms with Gasteiger partial charge in [-0.3, -0.25) is 19.2 Å². The van der Waals surface area contributed by atoms with Crippen LogP contribution >= 0.6 is 0 Å². The van der Waals surface area contributed by atoms with Crippen LogP contribution in [0.15, 0.2) is 91.0 Å². The molecule has 1 fully saturated rings. The van der Waals surface area contributed by atoms with Crippen LogP contribution < -0.4 is 19.9 Å². The summed E-state index contributed by atoms with van der Waals surface area (Å²) in [7, 11) is 3.50. The lowest BCUT2D eigenvalue weighted by Gasteiger charge is -2.34. The average Bonchev–Trinajstić information content (AvgIpc) is 3.24. The minimum Gasteiger partial charge on any atom is -0.495 e. The first-order chi connectivity index (χ1) is 23.2. The summed E-state index contributed by atoms with van der Waals surface area (Å²) < 4.78 is 5.64. The zero-order valence-corrected chi connectivity index (χ0v) is 27.4. The van der Waals surface area contributed by atoms with Crippen LogP contribution in [0.4, 0.5) is 17.1 Å². The van der Waals surface area contributed by atoms with Crippen molar-refractivity contribution in [3.05, 3.63) is 108 Å². The van der Waals surface area contributed by atoms with Gasteiger partial charge in [0.15, 0.2) is 0 Å². The topological polar surface area (TPSA) is 102 Å². The second-order valence-corrected chi connectivity index (χ2v) is 12.1. The number of amides is 4.